The van der Waals surface area contributed by atoms with Crippen LogP contribution in [0.15, 0.2) is 21.8 Å². The van der Waals surface area contributed by atoms with Gasteiger partial charge in [-0.05, 0) is 12.5 Å². The van der Waals surface area contributed by atoms with Crippen LogP contribution in [0.2, 0.25) is 0 Å². The summed E-state index contributed by atoms with van der Waals surface area (Å²) in [4.78, 5) is 55.1. The number of thioether (sulfide) groups is 1. The van der Waals surface area contributed by atoms with Gasteiger partial charge in [0, 0.05) is 25.2 Å². The lowest BCUT2D eigenvalue weighted by atomic mass is 10.0. The SMILES string of the molecule is CCOC(=O)OC(C)OC(=O)C1=C(COC)CS[C@@H]2C(NC(=O)/C(=N\O)c3csc(N)n3)C(=O)N12. The Morgan fingerprint density at radius 3 is 2.74 bits per heavy atom. The summed E-state index contributed by atoms with van der Waals surface area (Å²) in [7, 11) is 1.43. The molecule has 0 spiro atoms. The molecule has 4 N–H and O–H groups in total. The zero-order valence-corrected chi connectivity index (χ0v) is 20.5. The number of aromatic nitrogens is 1. The monoisotopic (exact) mass is 529 g/mol. The molecule has 0 bridgehead atoms. The number of carbonyl (C=O) groups is 4. The molecule has 0 aromatic carbocycles. The number of nitrogens with two attached hydrogens (primary N) is 1. The van der Waals surface area contributed by atoms with E-state index in [0.29, 0.717) is 11.3 Å². The van der Waals surface area contributed by atoms with E-state index in [9.17, 15) is 24.4 Å². The van der Waals surface area contributed by atoms with Crippen molar-refractivity contribution in [1.82, 2.24) is 15.2 Å². The second-order valence-electron chi connectivity index (χ2n) is 7.04. The predicted molar refractivity (Wildman–Crippen MR) is 122 cm³/mol. The average molecular weight is 530 g/mol. The van der Waals surface area contributed by atoms with Crippen LogP contribution in [-0.4, -0.2) is 88.5 Å². The highest BCUT2D eigenvalue weighted by Crippen LogP contribution is 2.40. The molecule has 2 unspecified atom stereocenters. The molecular formula is C19H23N5O9S2. The summed E-state index contributed by atoms with van der Waals surface area (Å²) in [5.41, 5.74) is 5.62. The quantitative estimate of drug-likeness (QED) is 0.0989. The number of rotatable bonds is 9. The number of hydrogen-bond acceptors (Lipinski definition) is 14. The lowest BCUT2D eigenvalue weighted by molar-refractivity contribution is -0.169. The predicted octanol–water partition coefficient (Wildman–Crippen LogP) is 0.266. The number of oxime groups is 1. The highest BCUT2D eigenvalue weighted by molar-refractivity contribution is 8.00. The Hall–Kier alpha value is -3.37. The third kappa shape index (κ3) is 5.66. The van der Waals surface area contributed by atoms with Crippen molar-refractivity contribution in [3.8, 4) is 0 Å². The summed E-state index contributed by atoms with van der Waals surface area (Å²) in [6.45, 7) is 3.04. The van der Waals surface area contributed by atoms with Crippen LogP contribution in [0.4, 0.5) is 9.93 Å². The maximum absolute atomic E-state index is 13.0. The van der Waals surface area contributed by atoms with Crippen molar-refractivity contribution in [2.24, 2.45) is 5.16 Å². The molecule has 35 heavy (non-hydrogen) atoms. The van der Waals surface area contributed by atoms with Gasteiger partial charge in [0.2, 0.25) is 6.29 Å². The van der Waals surface area contributed by atoms with Gasteiger partial charge in [-0.2, -0.15) is 0 Å². The van der Waals surface area contributed by atoms with Crippen LogP contribution in [0, 0.1) is 0 Å². The number of thiazole rings is 1. The third-order valence-corrected chi connectivity index (χ3v) is 6.74. The maximum Gasteiger partial charge on any atom is 0.511 e. The van der Waals surface area contributed by atoms with E-state index in [1.165, 1.54) is 36.1 Å². The Balaban J connectivity index is 1.73. The number of amides is 2. The molecule has 0 radical (unpaired) electrons. The Morgan fingerprint density at radius 1 is 1.40 bits per heavy atom. The van der Waals surface area contributed by atoms with Gasteiger partial charge in [-0.15, -0.1) is 23.1 Å². The van der Waals surface area contributed by atoms with Crippen LogP contribution in [0.1, 0.15) is 19.5 Å². The zero-order valence-electron chi connectivity index (χ0n) is 18.9. The van der Waals surface area contributed by atoms with E-state index in [1.807, 2.05) is 0 Å². The molecule has 1 aromatic heterocycles. The van der Waals surface area contributed by atoms with Gasteiger partial charge in [0.1, 0.15) is 22.8 Å². The molecule has 2 aliphatic heterocycles. The number of ether oxygens (including phenoxy) is 4. The lowest BCUT2D eigenvalue weighted by Gasteiger charge is -2.49. The number of esters is 1. The van der Waals surface area contributed by atoms with Crippen molar-refractivity contribution in [1.29, 1.82) is 0 Å². The fourth-order valence-electron chi connectivity index (χ4n) is 3.29. The average Bonchev–Trinajstić information content (AvgIpc) is 3.23. The number of nitrogens with zero attached hydrogens (tertiary/aromatic N) is 3. The van der Waals surface area contributed by atoms with Gasteiger partial charge in [-0.25, -0.2) is 14.6 Å². The Bertz CT molecular complexity index is 1070. The van der Waals surface area contributed by atoms with E-state index in [-0.39, 0.29) is 29.7 Å². The minimum absolute atomic E-state index is 0.0463. The third-order valence-electron chi connectivity index (χ3n) is 4.72. The standard InChI is InChI=1S/C19H23N5O9S2/c1-4-31-19(28)33-8(2)32-17(27)13-9(5-30-3)6-34-16-12(15(26)24(13)16)22-14(25)11(23-29)10-7-35-18(20)21-10/h7-8,12,16,29H,4-6H2,1-3H3,(H2,20,21)(H,22,25)/b23-11-/t8?,12?,16-/m1/s1. The van der Waals surface area contributed by atoms with Gasteiger partial charge in [0.05, 0.1) is 13.2 Å². The first-order valence-corrected chi connectivity index (χ1v) is 12.1. The first kappa shape index (κ1) is 26.2. The van der Waals surface area contributed by atoms with E-state index < -0.39 is 47.4 Å². The van der Waals surface area contributed by atoms with Crippen LogP contribution in [0.25, 0.3) is 0 Å². The Labute approximate surface area is 207 Å². The molecule has 1 fully saturated rings. The van der Waals surface area contributed by atoms with E-state index in [0.717, 1.165) is 11.3 Å². The number of methoxy groups -OCH3 is 1. The highest BCUT2D eigenvalue weighted by Gasteiger charge is 2.55. The maximum atomic E-state index is 13.0. The highest BCUT2D eigenvalue weighted by atomic mass is 32.2. The van der Waals surface area contributed by atoms with Gasteiger partial charge in [-0.3, -0.25) is 14.5 Å². The minimum Gasteiger partial charge on any atom is -0.435 e. The molecule has 3 atom stereocenters. The van der Waals surface area contributed by atoms with Crippen LogP contribution >= 0.6 is 23.1 Å². The van der Waals surface area contributed by atoms with E-state index in [2.05, 4.69) is 20.2 Å². The summed E-state index contributed by atoms with van der Waals surface area (Å²) in [5.74, 6) is -2.04. The van der Waals surface area contributed by atoms with Crippen molar-refractivity contribution in [3.05, 3.63) is 22.3 Å². The molecular weight excluding hydrogens is 506 g/mol. The molecule has 2 aliphatic rings. The molecule has 2 amide bonds. The normalized spacial score (nSPS) is 20.5. The first-order valence-electron chi connectivity index (χ1n) is 10.2. The molecule has 1 aromatic rings. The number of hydrogen-bond donors (Lipinski definition) is 3. The van der Waals surface area contributed by atoms with Crippen molar-refractivity contribution < 1.29 is 43.3 Å². The van der Waals surface area contributed by atoms with Crippen molar-refractivity contribution in [2.45, 2.75) is 31.6 Å². The smallest absolute Gasteiger partial charge is 0.435 e. The minimum atomic E-state index is -1.29. The fraction of sp³-hybridized carbons (Fsp3) is 0.474. The van der Waals surface area contributed by atoms with Crippen molar-refractivity contribution in [3.63, 3.8) is 0 Å². The van der Waals surface area contributed by atoms with Crippen LogP contribution in [0.5, 0.6) is 0 Å². The van der Waals surface area contributed by atoms with Gasteiger partial charge < -0.3 is 35.2 Å². The van der Waals surface area contributed by atoms with Gasteiger partial charge in [-0.1, -0.05) is 5.16 Å². The molecule has 190 valence electrons. The molecule has 1 saturated heterocycles. The van der Waals surface area contributed by atoms with Crippen molar-refractivity contribution in [2.75, 3.05) is 31.8 Å². The van der Waals surface area contributed by atoms with E-state index in [1.54, 1.807) is 6.92 Å². The second kappa shape index (κ2) is 11.4. The second-order valence-corrected chi connectivity index (χ2v) is 9.03. The number of carbonyl (C=O) groups excluding carboxylic acids is 4. The first-order chi connectivity index (χ1) is 16.7. The van der Waals surface area contributed by atoms with Gasteiger partial charge >= 0.3 is 12.1 Å². The largest absolute Gasteiger partial charge is 0.511 e. The number of anilines is 1. The van der Waals surface area contributed by atoms with Crippen LogP contribution in [0.3, 0.4) is 0 Å². The number of nitrogen functional groups attached to an aromatic ring is 1. The summed E-state index contributed by atoms with van der Waals surface area (Å²) >= 11 is 2.34. The molecule has 0 saturated carbocycles. The Morgan fingerprint density at radius 2 is 2.14 bits per heavy atom. The summed E-state index contributed by atoms with van der Waals surface area (Å²) in [5, 5.41) is 15.7. The fourth-order valence-corrected chi connectivity index (χ4v) is 5.17. The number of nitrogens with one attached hydrogen (secondary N) is 1. The van der Waals surface area contributed by atoms with E-state index in [4.69, 9.17) is 19.9 Å². The van der Waals surface area contributed by atoms with Gasteiger partial charge in [0.15, 0.2) is 10.8 Å². The van der Waals surface area contributed by atoms with Crippen molar-refractivity contribution >= 4 is 57.9 Å². The summed E-state index contributed by atoms with van der Waals surface area (Å²) in [6, 6.07) is -1.01. The summed E-state index contributed by atoms with van der Waals surface area (Å²) in [6.07, 6.45) is -2.30. The number of β-lactam (4-membered cyclic amide) rings is 1. The zero-order chi connectivity index (χ0) is 25.7. The molecule has 0 aliphatic carbocycles. The lowest BCUT2D eigenvalue weighted by Crippen LogP contribution is -2.71. The van der Waals surface area contributed by atoms with Gasteiger partial charge in [0.25, 0.3) is 11.8 Å². The van der Waals surface area contributed by atoms with Crippen LogP contribution in [-0.2, 0) is 33.3 Å². The Kier molecular flexibility index (Phi) is 8.52. The molecule has 3 rings (SSSR count). The number of fused-ring (bicyclic) bond motifs is 1. The summed E-state index contributed by atoms with van der Waals surface area (Å²) < 4.78 is 19.8. The molecule has 14 nitrogen and oxygen atoms in total. The van der Waals surface area contributed by atoms with Crippen LogP contribution < -0.4 is 11.1 Å². The molecule has 3 heterocycles. The molecule has 16 heteroatoms. The van der Waals surface area contributed by atoms with E-state index >= 15 is 0 Å². The topological polar surface area (TPSA) is 192 Å².